The van der Waals surface area contributed by atoms with Gasteiger partial charge in [-0.2, -0.15) is 4.83 Å². The molecule has 6 N–H and O–H groups in total. The minimum Gasteiger partial charge on any atom is -0.267 e. The van der Waals surface area contributed by atoms with Gasteiger partial charge >= 0.3 is 0 Å². The van der Waals surface area contributed by atoms with Crippen LogP contribution in [0.4, 0.5) is 4.39 Å². The third kappa shape index (κ3) is 2.17. The molecule has 6 heteroatoms. The fourth-order valence-electron chi connectivity index (χ4n) is 0.894. The van der Waals surface area contributed by atoms with E-state index in [2.05, 4.69) is 9.55 Å². The Kier molecular flexibility index (Phi) is 3.23. The van der Waals surface area contributed by atoms with Crippen LogP contribution in [-0.2, 0) is 0 Å². The lowest BCUT2D eigenvalue weighted by atomic mass is 10.4. The van der Waals surface area contributed by atoms with Crippen LogP contribution in [0.25, 0.3) is 0 Å². The van der Waals surface area contributed by atoms with Gasteiger partial charge in [0.05, 0.1) is 0 Å². The summed E-state index contributed by atoms with van der Waals surface area (Å²) >= 11 is 0. The van der Waals surface area contributed by atoms with Crippen LogP contribution in [0.3, 0.4) is 0 Å². The molecule has 4 nitrogen and oxygen atoms in total. The van der Waals surface area contributed by atoms with E-state index in [0.29, 0.717) is 0 Å². The maximum absolute atomic E-state index is 12.6. The molecule has 13 heavy (non-hydrogen) atoms. The summed E-state index contributed by atoms with van der Waals surface area (Å²) in [5, 5.41) is 5.88. The van der Waals surface area contributed by atoms with Crippen molar-refractivity contribution >= 4 is 10.6 Å². The molecule has 0 saturated carbocycles. The zero-order chi connectivity index (χ0) is 9.90. The van der Waals surface area contributed by atoms with Gasteiger partial charge in [-0.3, -0.25) is 15.7 Å². The van der Waals surface area contributed by atoms with Crippen LogP contribution in [0.15, 0.2) is 29.2 Å². The number of nitrogens with two attached hydrogens (primary N) is 2. The van der Waals surface area contributed by atoms with E-state index >= 15 is 0 Å². The molecule has 1 unspecified atom stereocenters. The molecule has 0 saturated heterocycles. The molecular formula is C7H13FN4S. The number of hydrogen-bond acceptors (Lipinski definition) is 4. The maximum Gasteiger partial charge on any atom is 0.123 e. The number of hydrazine groups is 1. The summed E-state index contributed by atoms with van der Waals surface area (Å²) in [6, 6.07) is 5.89. The largest absolute Gasteiger partial charge is 0.267 e. The van der Waals surface area contributed by atoms with Crippen LogP contribution < -0.4 is 20.5 Å². The normalized spacial score (nSPS) is 17.8. The van der Waals surface area contributed by atoms with E-state index in [1.165, 1.54) is 12.1 Å². The third-order valence-electron chi connectivity index (χ3n) is 1.69. The van der Waals surface area contributed by atoms with Gasteiger partial charge in [0.1, 0.15) is 5.82 Å². The van der Waals surface area contributed by atoms with Gasteiger partial charge < -0.3 is 0 Å². The first-order valence-electron chi connectivity index (χ1n) is 3.65. The second-order valence-electron chi connectivity index (χ2n) is 2.44. The molecule has 0 amide bonds. The molecule has 1 atom stereocenters. The number of rotatable bonds is 3. The fourth-order valence-corrected chi connectivity index (χ4v) is 1.95. The second kappa shape index (κ2) is 4.03. The topological polar surface area (TPSA) is 76.1 Å². The molecule has 0 fully saturated rings. The molecule has 0 aliphatic heterocycles. The smallest absolute Gasteiger partial charge is 0.123 e. The van der Waals surface area contributed by atoms with Gasteiger partial charge in [-0.05, 0) is 41.9 Å². The van der Waals surface area contributed by atoms with Crippen LogP contribution in [-0.4, -0.2) is 7.05 Å². The van der Waals surface area contributed by atoms with E-state index in [4.69, 9.17) is 11.0 Å². The van der Waals surface area contributed by atoms with Crippen LogP contribution in [0.2, 0.25) is 0 Å². The summed E-state index contributed by atoms with van der Waals surface area (Å²) in [6.45, 7) is 0. The predicted molar refractivity (Wildman–Crippen MR) is 52.8 cm³/mol. The van der Waals surface area contributed by atoms with Gasteiger partial charge in [0.15, 0.2) is 0 Å². The van der Waals surface area contributed by atoms with Crippen LogP contribution >= 0.6 is 10.6 Å². The summed E-state index contributed by atoms with van der Waals surface area (Å²) in [5.41, 5.74) is 0. The molecular weight excluding hydrogens is 191 g/mol. The zero-order valence-electron chi connectivity index (χ0n) is 7.25. The van der Waals surface area contributed by atoms with Crippen molar-refractivity contribution in [1.29, 1.82) is 0 Å². The highest BCUT2D eigenvalue weighted by Crippen LogP contribution is 2.38. The third-order valence-corrected chi connectivity index (χ3v) is 3.72. The van der Waals surface area contributed by atoms with E-state index in [-0.39, 0.29) is 5.82 Å². The number of hydrogen-bond donors (Lipinski definition) is 4. The van der Waals surface area contributed by atoms with Gasteiger partial charge in [-0.25, -0.2) is 4.39 Å². The first-order chi connectivity index (χ1) is 6.12. The lowest BCUT2D eigenvalue weighted by molar-refractivity contribution is 0.626. The van der Waals surface area contributed by atoms with Crippen LogP contribution in [0.5, 0.6) is 0 Å². The summed E-state index contributed by atoms with van der Waals surface area (Å²) in [7, 11) is -0.206. The predicted octanol–water partition coefficient (Wildman–Crippen LogP) is 0.376. The van der Waals surface area contributed by atoms with Crippen molar-refractivity contribution < 1.29 is 4.39 Å². The molecule has 0 aromatic heterocycles. The van der Waals surface area contributed by atoms with E-state index in [1.807, 2.05) is 0 Å². The molecule has 0 spiro atoms. The molecule has 1 aromatic rings. The van der Waals surface area contributed by atoms with E-state index in [0.717, 1.165) is 4.90 Å². The van der Waals surface area contributed by atoms with E-state index in [9.17, 15) is 4.39 Å². The van der Waals surface area contributed by atoms with Crippen molar-refractivity contribution in [1.82, 2.24) is 9.55 Å². The average molecular weight is 204 g/mol. The van der Waals surface area contributed by atoms with Gasteiger partial charge in [-0.1, -0.05) is 0 Å². The van der Waals surface area contributed by atoms with Gasteiger partial charge in [0, 0.05) is 4.90 Å². The Bertz CT molecular complexity index is 272. The molecule has 0 aliphatic rings. The average Bonchev–Trinajstić information content (AvgIpc) is 2.18. The Balaban J connectivity index is 2.99. The van der Waals surface area contributed by atoms with Crippen molar-refractivity contribution in [2.45, 2.75) is 4.90 Å². The number of benzene rings is 1. The Morgan fingerprint density at radius 1 is 1.31 bits per heavy atom. The van der Waals surface area contributed by atoms with Crippen molar-refractivity contribution in [3.8, 4) is 0 Å². The lowest BCUT2D eigenvalue weighted by Gasteiger charge is -2.33. The Hall–Kier alpha value is -0.660. The molecule has 0 aliphatic carbocycles. The van der Waals surface area contributed by atoms with E-state index < -0.39 is 10.6 Å². The molecule has 0 radical (unpaired) electrons. The van der Waals surface area contributed by atoms with Crippen molar-refractivity contribution in [2.24, 2.45) is 11.0 Å². The Labute approximate surface area is 78.2 Å². The maximum atomic E-state index is 12.6. The van der Waals surface area contributed by atoms with Gasteiger partial charge in [0.2, 0.25) is 0 Å². The van der Waals surface area contributed by atoms with Crippen LogP contribution in [0.1, 0.15) is 0 Å². The molecule has 0 heterocycles. The molecule has 1 aromatic carbocycles. The van der Waals surface area contributed by atoms with Crippen LogP contribution in [0, 0.1) is 5.82 Å². The molecule has 74 valence electrons. The van der Waals surface area contributed by atoms with Crippen molar-refractivity contribution in [3.05, 3.63) is 30.1 Å². The Morgan fingerprint density at radius 3 is 2.23 bits per heavy atom. The SMILES string of the molecule is CNS(N)(NN)c1ccc(F)cc1. The quantitative estimate of drug-likeness (QED) is 0.424. The van der Waals surface area contributed by atoms with Gasteiger partial charge in [-0.15, -0.1) is 0 Å². The molecule has 1 rings (SSSR count). The summed E-state index contributed by atoms with van der Waals surface area (Å²) < 4.78 is 15.4. The second-order valence-corrected chi connectivity index (χ2v) is 4.87. The zero-order valence-corrected chi connectivity index (χ0v) is 8.07. The number of halogens is 1. The minimum absolute atomic E-state index is 0.293. The Morgan fingerprint density at radius 2 is 1.85 bits per heavy atom. The standard InChI is InChI=1S/C7H13FN4S/c1-11-13(10,12-9)7-4-2-6(8)3-5-7/h2-5,11-12H,9-10H2,1H3. The summed E-state index contributed by atoms with van der Waals surface area (Å²) in [4.78, 5) is 3.24. The number of nitrogens with one attached hydrogen (secondary N) is 2. The van der Waals surface area contributed by atoms with E-state index in [1.54, 1.807) is 19.2 Å². The summed E-state index contributed by atoms with van der Waals surface area (Å²) in [6.07, 6.45) is 0. The highest BCUT2D eigenvalue weighted by atomic mass is 32.3. The summed E-state index contributed by atoms with van der Waals surface area (Å²) in [5.74, 6) is 5.00. The lowest BCUT2D eigenvalue weighted by Crippen LogP contribution is -2.40. The first-order valence-corrected chi connectivity index (χ1v) is 5.34. The van der Waals surface area contributed by atoms with Crippen molar-refractivity contribution in [3.63, 3.8) is 0 Å². The first kappa shape index (κ1) is 10.4. The minimum atomic E-state index is -1.90. The highest BCUT2D eigenvalue weighted by molar-refractivity contribution is 8.28. The fraction of sp³-hybridized carbons (Fsp3) is 0.143. The van der Waals surface area contributed by atoms with Gasteiger partial charge in [0.25, 0.3) is 0 Å². The monoisotopic (exact) mass is 204 g/mol. The van der Waals surface area contributed by atoms with Crippen molar-refractivity contribution in [2.75, 3.05) is 7.05 Å². The highest BCUT2D eigenvalue weighted by Gasteiger charge is 2.16. The molecule has 0 bridgehead atoms.